The molecule has 0 saturated heterocycles. The van der Waals surface area contributed by atoms with E-state index in [1.807, 2.05) is 0 Å². The number of ether oxygens (including phenoxy) is 1. The van der Waals surface area contributed by atoms with Crippen LogP contribution in [0.3, 0.4) is 0 Å². The number of nitrogens with two attached hydrogens (primary N) is 1. The summed E-state index contributed by atoms with van der Waals surface area (Å²) >= 11 is 0. The number of rotatable bonds is 7. The van der Waals surface area contributed by atoms with E-state index in [0.717, 1.165) is 19.0 Å². The Morgan fingerprint density at radius 2 is 2.24 bits per heavy atom. The van der Waals surface area contributed by atoms with Crippen molar-refractivity contribution < 1.29 is 9.53 Å². The van der Waals surface area contributed by atoms with Crippen molar-refractivity contribution in [1.29, 1.82) is 0 Å². The fourth-order valence-electron chi connectivity index (χ4n) is 2.56. The number of nitrogen functional groups attached to an aromatic ring is 1. The van der Waals surface area contributed by atoms with Gasteiger partial charge in [-0.05, 0) is 43.5 Å². The van der Waals surface area contributed by atoms with Crippen molar-refractivity contribution in [1.82, 2.24) is 4.90 Å². The van der Waals surface area contributed by atoms with E-state index in [4.69, 9.17) is 10.5 Å². The largest absolute Gasteiger partial charge is 0.495 e. The maximum Gasteiger partial charge on any atom is 0.238 e. The van der Waals surface area contributed by atoms with Gasteiger partial charge in [0, 0.05) is 12.2 Å². The Bertz CT molecular complexity index is 486. The van der Waals surface area contributed by atoms with E-state index in [0.29, 0.717) is 23.7 Å². The monoisotopic (exact) mass is 291 g/mol. The van der Waals surface area contributed by atoms with Crippen molar-refractivity contribution in [3.63, 3.8) is 0 Å². The molecule has 2 rings (SSSR count). The van der Waals surface area contributed by atoms with Gasteiger partial charge in [0.2, 0.25) is 5.91 Å². The molecule has 0 radical (unpaired) electrons. The zero-order valence-electron chi connectivity index (χ0n) is 12.9. The van der Waals surface area contributed by atoms with Gasteiger partial charge in [0.05, 0.1) is 19.3 Å². The van der Waals surface area contributed by atoms with Gasteiger partial charge in [-0.15, -0.1) is 0 Å². The quantitative estimate of drug-likeness (QED) is 0.757. The van der Waals surface area contributed by atoms with Crippen LogP contribution in [0.2, 0.25) is 0 Å². The summed E-state index contributed by atoms with van der Waals surface area (Å²) in [6.07, 6.45) is 3.91. The van der Waals surface area contributed by atoms with E-state index in [1.54, 1.807) is 25.3 Å². The Morgan fingerprint density at radius 1 is 1.48 bits per heavy atom. The second-order valence-electron chi connectivity index (χ2n) is 5.63. The number of carbonyl (C=O) groups is 1. The predicted octanol–water partition coefficient (Wildman–Crippen LogP) is 2.34. The van der Waals surface area contributed by atoms with Gasteiger partial charge in [-0.2, -0.15) is 0 Å². The molecule has 0 bridgehead atoms. The molecule has 1 saturated carbocycles. The number of hydrogen-bond donors (Lipinski definition) is 2. The van der Waals surface area contributed by atoms with Crippen molar-refractivity contribution in [2.45, 2.75) is 26.2 Å². The fourth-order valence-corrected chi connectivity index (χ4v) is 2.56. The van der Waals surface area contributed by atoms with Gasteiger partial charge in [-0.3, -0.25) is 9.69 Å². The van der Waals surface area contributed by atoms with Crippen LogP contribution in [0.15, 0.2) is 18.2 Å². The van der Waals surface area contributed by atoms with Crippen molar-refractivity contribution in [2.75, 3.05) is 37.8 Å². The molecular weight excluding hydrogens is 266 g/mol. The average Bonchev–Trinajstić information content (AvgIpc) is 2.41. The van der Waals surface area contributed by atoms with Gasteiger partial charge in [-0.25, -0.2) is 0 Å². The molecule has 0 aromatic heterocycles. The molecule has 1 aromatic rings. The number of carbonyl (C=O) groups excluding carboxylic acids is 1. The van der Waals surface area contributed by atoms with E-state index in [-0.39, 0.29) is 5.91 Å². The highest BCUT2D eigenvalue weighted by atomic mass is 16.5. The fraction of sp³-hybridized carbons (Fsp3) is 0.562. The maximum atomic E-state index is 12.2. The lowest BCUT2D eigenvalue weighted by Crippen LogP contribution is -2.38. The molecule has 21 heavy (non-hydrogen) atoms. The van der Waals surface area contributed by atoms with Crippen LogP contribution < -0.4 is 15.8 Å². The highest BCUT2D eigenvalue weighted by Crippen LogP contribution is 2.28. The minimum atomic E-state index is -0.0277. The standard InChI is InChI=1S/C16H25N3O2/c1-3-19(10-12-5-4-6-12)11-16(20)18-14-9-13(17)7-8-15(14)21-2/h7-9,12H,3-6,10-11,17H2,1-2H3,(H,18,20). The first-order valence-electron chi connectivity index (χ1n) is 7.58. The molecule has 0 heterocycles. The lowest BCUT2D eigenvalue weighted by Gasteiger charge is -2.31. The smallest absolute Gasteiger partial charge is 0.238 e. The Labute approximate surface area is 126 Å². The lowest BCUT2D eigenvalue weighted by atomic mass is 9.85. The Kier molecular flexibility index (Phi) is 5.44. The van der Waals surface area contributed by atoms with Gasteiger partial charge in [0.25, 0.3) is 0 Å². The summed E-state index contributed by atoms with van der Waals surface area (Å²) in [5.74, 6) is 1.36. The molecule has 1 fully saturated rings. The number of nitrogens with zero attached hydrogens (tertiary/aromatic N) is 1. The van der Waals surface area contributed by atoms with Gasteiger partial charge in [-0.1, -0.05) is 13.3 Å². The van der Waals surface area contributed by atoms with Gasteiger partial charge in [0.15, 0.2) is 0 Å². The average molecular weight is 291 g/mol. The number of hydrogen-bond acceptors (Lipinski definition) is 4. The van der Waals surface area contributed by atoms with E-state index in [9.17, 15) is 4.79 Å². The van der Waals surface area contributed by atoms with Crippen LogP contribution in [-0.4, -0.2) is 37.6 Å². The number of amides is 1. The zero-order valence-corrected chi connectivity index (χ0v) is 12.9. The summed E-state index contributed by atoms with van der Waals surface area (Å²) < 4.78 is 5.24. The molecule has 0 spiro atoms. The number of benzene rings is 1. The second kappa shape index (κ2) is 7.31. The molecule has 1 aliphatic carbocycles. The molecule has 1 aromatic carbocycles. The molecule has 116 valence electrons. The normalized spacial score (nSPS) is 14.8. The number of methoxy groups -OCH3 is 1. The van der Waals surface area contributed by atoms with Crippen molar-refractivity contribution in [3.8, 4) is 5.75 Å². The van der Waals surface area contributed by atoms with Crippen LogP contribution in [0.4, 0.5) is 11.4 Å². The van der Waals surface area contributed by atoms with Crippen LogP contribution >= 0.6 is 0 Å². The van der Waals surface area contributed by atoms with Gasteiger partial charge in [0.1, 0.15) is 5.75 Å². The highest BCUT2D eigenvalue weighted by molar-refractivity contribution is 5.94. The first kappa shape index (κ1) is 15.6. The number of nitrogens with one attached hydrogen (secondary N) is 1. The Balaban J connectivity index is 1.92. The summed E-state index contributed by atoms with van der Waals surface area (Å²) in [7, 11) is 1.58. The van der Waals surface area contributed by atoms with E-state index in [1.165, 1.54) is 19.3 Å². The molecule has 1 amide bonds. The lowest BCUT2D eigenvalue weighted by molar-refractivity contribution is -0.117. The molecule has 5 nitrogen and oxygen atoms in total. The van der Waals surface area contributed by atoms with E-state index < -0.39 is 0 Å². The third-order valence-corrected chi connectivity index (χ3v) is 4.05. The summed E-state index contributed by atoms with van der Waals surface area (Å²) in [5, 5.41) is 2.89. The molecule has 0 unspecified atom stereocenters. The number of anilines is 2. The topological polar surface area (TPSA) is 67.6 Å². The first-order chi connectivity index (χ1) is 10.1. The predicted molar refractivity (Wildman–Crippen MR) is 85.5 cm³/mol. The third kappa shape index (κ3) is 4.36. The van der Waals surface area contributed by atoms with Gasteiger partial charge >= 0.3 is 0 Å². The van der Waals surface area contributed by atoms with Crippen LogP contribution in [0.25, 0.3) is 0 Å². The molecule has 0 aliphatic heterocycles. The van der Waals surface area contributed by atoms with Crippen molar-refractivity contribution in [2.24, 2.45) is 5.92 Å². The zero-order chi connectivity index (χ0) is 15.2. The Hall–Kier alpha value is -1.75. The SMILES string of the molecule is CCN(CC(=O)Nc1cc(N)ccc1OC)CC1CCC1. The summed E-state index contributed by atoms with van der Waals surface area (Å²) in [6.45, 7) is 4.40. The molecule has 5 heteroatoms. The Morgan fingerprint density at radius 3 is 2.81 bits per heavy atom. The third-order valence-electron chi connectivity index (χ3n) is 4.05. The summed E-state index contributed by atoms with van der Waals surface area (Å²) in [4.78, 5) is 14.4. The van der Waals surface area contributed by atoms with Crippen molar-refractivity contribution >= 4 is 17.3 Å². The van der Waals surface area contributed by atoms with Crippen LogP contribution in [0.5, 0.6) is 5.75 Å². The van der Waals surface area contributed by atoms with Crippen LogP contribution in [-0.2, 0) is 4.79 Å². The van der Waals surface area contributed by atoms with Crippen LogP contribution in [0, 0.1) is 5.92 Å². The molecule has 1 aliphatic rings. The van der Waals surface area contributed by atoms with E-state index in [2.05, 4.69) is 17.1 Å². The van der Waals surface area contributed by atoms with Crippen LogP contribution in [0.1, 0.15) is 26.2 Å². The van der Waals surface area contributed by atoms with Crippen molar-refractivity contribution in [3.05, 3.63) is 18.2 Å². The number of likely N-dealkylation sites (N-methyl/N-ethyl adjacent to an activating group) is 1. The minimum Gasteiger partial charge on any atom is -0.495 e. The van der Waals surface area contributed by atoms with Gasteiger partial charge < -0.3 is 15.8 Å². The summed E-state index contributed by atoms with van der Waals surface area (Å²) in [5.41, 5.74) is 6.99. The molecule has 0 atom stereocenters. The van der Waals surface area contributed by atoms with E-state index >= 15 is 0 Å². The minimum absolute atomic E-state index is 0.0277. The summed E-state index contributed by atoms with van der Waals surface area (Å²) in [6, 6.07) is 5.24. The molecule has 3 N–H and O–H groups in total. The maximum absolute atomic E-state index is 12.2. The first-order valence-corrected chi connectivity index (χ1v) is 7.58. The highest BCUT2D eigenvalue weighted by Gasteiger charge is 2.21. The second-order valence-corrected chi connectivity index (χ2v) is 5.63. The molecular formula is C16H25N3O2.